The molecule has 0 saturated heterocycles. The van der Waals surface area contributed by atoms with E-state index >= 15 is 0 Å². The van der Waals surface area contributed by atoms with Crippen molar-refractivity contribution in [1.82, 2.24) is 9.88 Å². The number of aromatic nitrogens is 1. The normalized spacial score (nSPS) is 13.9. The van der Waals surface area contributed by atoms with E-state index < -0.39 is 0 Å². The minimum atomic E-state index is -0.286. The van der Waals surface area contributed by atoms with E-state index in [4.69, 9.17) is 0 Å². The van der Waals surface area contributed by atoms with E-state index in [-0.39, 0.29) is 17.2 Å². The largest absolute Gasteiger partial charge is 0.508 e. The molecule has 5 heteroatoms. The van der Waals surface area contributed by atoms with Gasteiger partial charge in [0.25, 0.3) is 5.91 Å². The zero-order valence-corrected chi connectivity index (χ0v) is 10.8. The van der Waals surface area contributed by atoms with Crippen molar-refractivity contribution in [2.24, 2.45) is 0 Å². The van der Waals surface area contributed by atoms with Crippen LogP contribution in [0.3, 0.4) is 0 Å². The fraction of sp³-hybridized carbons (Fsp3) is 0.200. The SMILES string of the molecule is O=C(c1cccc(=O)[nH]1)N1CCc2ccc(O)cc2C1. The Labute approximate surface area is 115 Å². The molecule has 5 nitrogen and oxygen atoms in total. The molecule has 1 aliphatic heterocycles. The number of rotatable bonds is 1. The van der Waals surface area contributed by atoms with Gasteiger partial charge in [0, 0.05) is 19.2 Å². The van der Waals surface area contributed by atoms with Crippen LogP contribution in [0.2, 0.25) is 0 Å². The van der Waals surface area contributed by atoms with E-state index in [9.17, 15) is 14.7 Å². The highest BCUT2D eigenvalue weighted by molar-refractivity contribution is 5.92. The minimum absolute atomic E-state index is 0.198. The monoisotopic (exact) mass is 270 g/mol. The quantitative estimate of drug-likeness (QED) is 0.819. The maximum Gasteiger partial charge on any atom is 0.270 e. The molecule has 2 heterocycles. The van der Waals surface area contributed by atoms with Gasteiger partial charge in [0.15, 0.2) is 0 Å². The summed E-state index contributed by atoms with van der Waals surface area (Å²) in [6.07, 6.45) is 0.748. The Morgan fingerprint density at radius 1 is 1.20 bits per heavy atom. The summed E-state index contributed by atoms with van der Waals surface area (Å²) < 4.78 is 0. The molecule has 0 fully saturated rings. The van der Waals surface area contributed by atoms with E-state index in [1.54, 1.807) is 29.2 Å². The summed E-state index contributed by atoms with van der Waals surface area (Å²) in [4.78, 5) is 27.8. The van der Waals surface area contributed by atoms with Crippen molar-refractivity contribution in [3.8, 4) is 5.75 Å². The molecular weight excluding hydrogens is 256 g/mol. The van der Waals surface area contributed by atoms with Crippen LogP contribution in [0.5, 0.6) is 5.75 Å². The third-order valence-corrected chi connectivity index (χ3v) is 3.49. The van der Waals surface area contributed by atoms with Crippen molar-refractivity contribution in [3.05, 3.63) is 63.6 Å². The van der Waals surface area contributed by atoms with Crippen LogP contribution in [-0.4, -0.2) is 27.4 Å². The summed E-state index contributed by atoms with van der Waals surface area (Å²) in [5, 5.41) is 9.52. The van der Waals surface area contributed by atoms with Gasteiger partial charge in [-0.25, -0.2) is 0 Å². The number of nitrogens with one attached hydrogen (secondary N) is 1. The molecule has 0 atom stereocenters. The highest BCUT2D eigenvalue weighted by atomic mass is 16.3. The molecule has 102 valence electrons. The van der Waals surface area contributed by atoms with Crippen LogP contribution in [0.1, 0.15) is 21.6 Å². The van der Waals surface area contributed by atoms with E-state index in [0.29, 0.717) is 18.8 Å². The van der Waals surface area contributed by atoms with Crippen molar-refractivity contribution in [2.75, 3.05) is 6.54 Å². The topological polar surface area (TPSA) is 73.4 Å². The standard InChI is InChI=1S/C15H14N2O3/c18-12-5-4-10-6-7-17(9-11(10)8-12)15(20)13-2-1-3-14(19)16-13/h1-5,8,18H,6-7,9H2,(H,16,19). The predicted octanol–water partition coefficient (Wildman–Crippen LogP) is 1.28. The number of benzene rings is 1. The molecule has 1 aromatic heterocycles. The van der Waals surface area contributed by atoms with Gasteiger partial charge in [-0.3, -0.25) is 9.59 Å². The molecule has 0 aliphatic carbocycles. The third kappa shape index (κ3) is 2.30. The molecule has 0 saturated carbocycles. The fourth-order valence-electron chi connectivity index (χ4n) is 2.46. The molecule has 1 aliphatic rings. The van der Waals surface area contributed by atoms with E-state index in [1.165, 1.54) is 6.07 Å². The Morgan fingerprint density at radius 3 is 2.85 bits per heavy atom. The lowest BCUT2D eigenvalue weighted by atomic mass is 9.99. The number of hydrogen-bond donors (Lipinski definition) is 2. The fourth-order valence-corrected chi connectivity index (χ4v) is 2.46. The van der Waals surface area contributed by atoms with Gasteiger partial charge in [0.2, 0.25) is 5.56 Å². The molecule has 20 heavy (non-hydrogen) atoms. The summed E-state index contributed by atoms with van der Waals surface area (Å²) in [5.74, 6) is 0.00265. The van der Waals surface area contributed by atoms with E-state index in [1.807, 2.05) is 6.07 Å². The first-order valence-corrected chi connectivity index (χ1v) is 6.43. The zero-order chi connectivity index (χ0) is 14.1. The van der Waals surface area contributed by atoms with Crippen molar-refractivity contribution in [1.29, 1.82) is 0 Å². The Kier molecular flexibility index (Phi) is 3.02. The van der Waals surface area contributed by atoms with Crippen LogP contribution >= 0.6 is 0 Å². The van der Waals surface area contributed by atoms with Crippen molar-refractivity contribution >= 4 is 5.91 Å². The Balaban J connectivity index is 1.86. The van der Waals surface area contributed by atoms with Crippen LogP contribution in [0.15, 0.2) is 41.2 Å². The van der Waals surface area contributed by atoms with Crippen LogP contribution in [0.4, 0.5) is 0 Å². The lowest BCUT2D eigenvalue weighted by Crippen LogP contribution is -2.36. The summed E-state index contributed by atoms with van der Waals surface area (Å²) >= 11 is 0. The Hall–Kier alpha value is -2.56. The second-order valence-corrected chi connectivity index (χ2v) is 4.86. The molecule has 2 aromatic rings. The molecule has 1 aromatic carbocycles. The van der Waals surface area contributed by atoms with Crippen LogP contribution in [0.25, 0.3) is 0 Å². The summed E-state index contributed by atoms with van der Waals surface area (Å²) in [6, 6.07) is 9.77. The molecule has 0 unspecified atom stereocenters. The molecular formula is C15H14N2O3. The summed E-state index contributed by atoms with van der Waals surface area (Å²) in [6.45, 7) is 1.05. The lowest BCUT2D eigenvalue weighted by Gasteiger charge is -2.28. The lowest BCUT2D eigenvalue weighted by molar-refractivity contribution is 0.0728. The number of amides is 1. The smallest absolute Gasteiger partial charge is 0.270 e. The number of hydrogen-bond acceptors (Lipinski definition) is 3. The number of carbonyl (C=O) groups is 1. The van der Waals surface area contributed by atoms with Crippen LogP contribution in [0, 0.1) is 0 Å². The second kappa shape index (κ2) is 4.85. The minimum Gasteiger partial charge on any atom is -0.508 e. The summed E-state index contributed by atoms with van der Waals surface area (Å²) in [7, 11) is 0. The van der Waals surface area contributed by atoms with Gasteiger partial charge in [-0.2, -0.15) is 0 Å². The first kappa shape index (κ1) is 12.5. The number of phenolic OH excluding ortho intramolecular Hbond substituents is 1. The predicted molar refractivity (Wildman–Crippen MR) is 73.6 cm³/mol. The molecule has 0 spiro atoms. The highest BCUT2D eigenvalue weighted by Crippen LogP contribution is 2.23. The number of H-pyrrole nitrogens is 1. The third-order valence-electron chi connectivity index (χ3n) is 3.49. The molecule has 0 radical (unpaired) electrons. The molecule has 2 N–H and O–H groups in total. The molecule has 1 amide bonds. The van der Waals surface area contributed by atoms with Gasteiger partial charge >= 0.3 is 0 Å². The maximum atomic E-state index is 12.3. The number of carbonyl (C=O) groups excluding carboxylic acids is 1. The highest BCUT2D eigenvalue weighted by Gasteiger charge is 2.22. The average Bonchev–Trinajstić information content (AvgIpc) is 2.45. The van der Waals surface area contributed by atoms with Gasteiger partial charge in [-0.1, -0.05) is 12.1 Å². The van der Waals surface area contributed by atoms with Crippen molar-refractivity contribution < 1.29 is 9.90 Å². The number of aromatic hydroxyl groups is 1. The van der Waals surface area contributed by atoms with Crippen LogP contribution < -0.4 is 5.56 Å². The first-order valence-electron chi connectivity index (χ1n) is 6.43. The zero-order valence-electron chi connectivity index (χ0n) is 10.8. The Morgan fingerprint density at radius 2 is 2.05 bits per heavy atom. The number of nitrogens with zero attached hydrogens (tertiary/aromatic N) is 1. The van der Waals surface area contributed by atoms with E-state index in [2.05, 4.69) is 4.98 Å². The number of phenols is 1. The number of fused-ring (bicyclic) bond motifs is 1. The average molecular weight is 270 g/mol. The van der Waals surface area contributed by atoms with Gasteiger partial charge in [0.05, 0.1) is 0 Å². The maximum absolute atomic E-state index is 12.3. The first-order chi connectivity index (χ1) is 9.63. The molecule has 0 bridgehead atoms. The Bertz CT molecular complexity index is 721. The van der Waals surface area contributed by atoms with Gasteiger partial charge in [0.1, 0.15) is 11.4 Å². The van der Waals surface area contributed by atoms with Gasteiger partial charge in [-0.05, 0) is 35.7 Å². The van der Waals surface area contributed by atoms with Gasteiger partial charge in [-0.15, -0.1) is 0 Å². The number of aromatic amines is 1. The van der Waals surface area contributed by atoms with Crippen molar-refractivity contribution in [2.45, 2.75) is 13.0 Å². The summed E-state index contributed by atoms with van der Waals surface area (Å²) in [5.41, 5.74) is 2.10. The second-order valence-electron chi connectivity index (χ2n) is 4.86. The van der Waals surface area contributed by atoms with Gasteiger partial charge < -0.3 is 15.0 Å². The van der Waals surface area contributed by atoms with Crippen LogP contribution in [-0.2, 0) is 13.0 Å². The number of pyridine rings is 1. The van der Waals surface area contributed by atoms with Crippen molar-refractivity contribution in [3.63, 3.8) is 0 Å². The van der Waals surface area contributed by atoms with E-state index in [0.717, 1.165) is 17.5 Å². The molecule has 3 rings (SSSR count).